The third kappa shape index (κ3) is 5.42. The minimum atomic E-state index is -4.42. The van der Waals surface area contributed by atoms with Crippen molar-refractivity contribution in [2.45, 2.75) is 56.1 Å². The summed E-state index contributed by atoms with van der Waals surface area (Å²) in [6.07, 6.45) is 0.238. The Labute approximate surface area is 159 Å². The standard InChI is InChI=1S/C19H24F3NO3S/c1-3-11-18(17(24)26-4-2)12-9-15(10-13-18)23-27(25)16-7-5-14(6-8-16)19(20,21)22/h3,5-8,15,23H,1,4,9-13H2,2H3. The maximum absolute atomic E-state index is 12.6. The zero-order valence-corrected chi connectivity index (χ0v) is 16.0. The van der Waals surface area contributed by atoms with Crippen molar-refractivity contribution in [3.63, 3.8) is 0 Å². The van der Waals surface area contributed by atoms with Crippen LogP contribution in [0.15, 0.2) is 41.8 Å². The first kappa shape index (κ1) is 21.6. The van der Waals surface area contributed by atoms with Crippen molar-refractivity contribution in [2.75, 3.05) is 6.61 Å². The molecule has 1 fully saturated rings. The van der Waals surface area contributed by atoms with Gasteiger partial charge in [0.15, 0.2) is 0 Å². The predicted octanol–water partition coefficient (Wildman–Crippen LogP) is 4.39. The molecule has 0 bridgehead atoms. The summed E-state index contributed by atoms with van der Waals surface area (Å²) in [5.74, 6) is -0.229. The van der Waals surface area contributed by atoms with E-state index in [4.69, 9.17) is 4.74 Å². The second-order valence-electron chi connectivity index (χ2n) is 6.68. The number of ether oxygens (including phenoxy) is 1. The summed E-state index contributed by atoms with van der Waals surface area (Å²) in [6, 6.07) is 4.20. The lowest BCUT2D eigenvalue weighted by Gasteiger charge is -2.37. The summed E-state index contributed by atoms with van der Waals surface area (Å²) in [5.41, 5.74) is -1.37. The largest absolute Gasteiger partial charge is 0.466 e. The molecule has 0 aromatic heterocycles. The Balaban J connectivity index is 1.97. The Bertz CT molecular complexity index is 680. The fraction of sp³-hybridized carbons (Fsp3) is 0.526. The van der Waals surface area contributed by atoms with E-state index in [-0.39, 0.29) is 16.9 Å². The van der Waals surface area contributed by atoms with Crippen molar-refractivity contribution in [1.29, 1.82) is 0 Å². The molecule has 0 spiro atoms. The summed E-state index contributed by atoms with van der Waals surface area (Å²) in [7, 11) is -1.61. The smallest absolute Gasteiger partial charge is 0.416 e. The molecule has 1 N–H and O–H groups in total. The van der Waals surface area contributed by atoms with Gasteiger partial charge in [0.1, 0.15) is 11.0 Å². The van der Waals surface area contributed by atoms with Crippen LogP contribution in [0, 0.1) is 5.41 Å². The molecule has 27 heavy (non-hydrogen) atoms. The first-order chi connectivity index (χ1) is 12.7. The quantitative estimate of drug-likeness (QED) is 0.543. The maximum Gasteiger partial charge on any atom is 0.416 e. The lowest BCUT2D eigenvalue weighted by atomic mass is 9.70. The van der Waals surface area contributed by atoms with Crippen LogP contribution in [0.25, 0.3) is 0 Å². The molecule has 1 aliphatic rings. The molecule has 0 saturated heterocycles. The van der Waals surface area contributed by atoms with Gasteiger partial charge >= 0.3 is 12.1 Å². The fourth-order valence-electron chi connectivity index (χ4n) is 3.33. The van der Waals surface area contributed by atoms with Crippen molar-refractivity contribution >= 4 is 17.0 Å². The maximum atomic E-state index is 12.6. The fourth-order valence-corrected chi connectivity index (χ4v) is 4.39. The lowest BCUT2D eigenvalue weighted by molar-refractivity contribution is -0.157. The summed E-state index contributed by atoms with van der Waals surface area (Å²) < 4.78 is 58.4. The van der Waals surface area contributed by atoms with Gasteiger partial charge in [0, 0.05) is 6.04 Å². The highest BCUT2D eigenvalue weighted by Gasteiger charge is 2.42. The molecule has 1 saturated carbocycles. The van der Waals surface area contributed by atoms with Crippen LogP contribution >= 0.6 is 0 Å². The number of alkyl halides is 3. The number of carbonyl (C=O) groups is 1. The number of carbonyl (C=O) groups excluding carboxylic acids is 1. The van der Waals surface area contributed by atoms with Crippen molar-refractivity contribution < 1.29 is 26.9 Å². The van der Waals surface area contributed by atoms with Crippen molar-refractivity contribution in [3.05, 3.63) is 42.5 Å². The van der Waals surface area contributed by atoms with Crippen LogP contribution < -0.4 is 4.72 Å². The SMILES string of the molecule is C=CCC1(C(=O)OCC)CCC(NS(=O)c2ccc(C(F)(F)F)cc2)CC1. The Morgan fingerprint density at radius 3 is 2.41 bits per heavy atom. The minimum absolute atomic E-state index is 0.0829. The van der Waals surface area contributed by atoms with Gasteiger partial charge in [0.25, 0.3) is 0 Å². The number of halogens is 3. The van der Waals surface area contributed by atoms with Gasteiger partial charge in [-0.3, -0.25) is 4.79 Å². The van der Waals surface area contributed by atoms with Crippen LogP contribution in [0.3, 0.4) is 0 Å². The number of rotatable bonds is 7. The Morgan fingerprint density at radius 2 is 1.93 bits per heavy atom. The molecule has 1 aliphatic carbocycles. The van der Waals surface area contributed by atoms with Crippen LogP contribution in [0.4, 0.5) is 13.2 Å². The van der Waals surface area contributed by atoms with Crippen LogP contribution in [-0.2, 0) is 26.7 Å². The van der Waals surface area contributed by atoms with Crippen molar-refractivity contribution in [3.8, 4) is 0 Å². The average molecular weight is 403 g/mol. The molecular formula is C19H24F3NO3S. The highest BCUT2D eigenvalue weighted by molar-refractivity contribution is 7.83. The van der Waals surface area contributed by atoms with Gasteiger partial charge in [0.05, 0.1) is 22.5 Å². The van der Waals surface area contributed by atoms with Crippen molar-refractivity contribution in [2.24, 2.45) is 5.41 Å². The van der Waals surface area contributed by atoms with Gasteiger partial charge < -0.3 is 4.74 Å². The molecule has 1 aromatic rings. The van der Waals surface area contributed by atoms with E-state index in [1.54, 1.807) is 13.0 Å². The third-order valence-electron chi connectivity index (χ3n) is 4.86. The molecule has 0 amide bonds. The van der Waals surface area contributed by atoms with Crippen LogP contribution in [0.5, 0.6) is 0 Å². The Morgan fingerprint density at radius 1 is 1.33 bits per heavy atom. The van der Waals surface area contributed by atoms with Gasteiger partial charge in [-0.15, -0.1) is 6.58 Å². The number of esters is 1. The molecule has 1 aromatic carbocycles. The van der Waals surface area contributed by atoms with Gasteiger partial charge in [-0.2, -0.15) is 13.2 Å². The van der Waals surface area contributed by atoms with Crippen LogP contribution in [0.2, 0.25) is 0 Å². The van der Waals surface area contributed by atoms with Crippen molar-refractivity contribution in [1.82, 2.24) is 4.72 Å². The van der Waals surface area contributed by atoms with E-state index in [9.17, 15) is 22.2 Å². The van der Waals surface area contributed by atoms with E-state index < -0.39 is 28.1 Å². The molecule has 1 atom stereocenters. The number of nitrogens with one attached hydrogen (secondary N) is 1. The van der Waals surface area contributed by atoms with E-state index in [1.807, 2.05) is 0 Å². The molecule has 0 radical (unpaired) electrons. The summed E-state index contributed by atoms with van der Waals surface area (Å²) in [6.45, 7) is 5.80. The third-order valence-corrected chi connectivity index (χ3v) is 6.10. The molecule has 150 valence electrons. The zero-order valence-electron chi connectivity index (χ0n) is 15.2. The second kappa shape index (κ2) is 9.01. The van der Waals surface area contributed by atoms with E-state index in [0.29, 0.717) is 38.7 Å². The van der Waals surface area contributed by atoms with E-state index in [1.165, 1.54) is 12.1 Å². The van der Waals surface area contributed by atoms with E-state index in [0.717, 1.165) is 12.1 Å². The normalized spacial score (nSPS) is 24.2. The topological polar surface area (TPSA) is 55.4 Å². The van der Waals surface area contributed by atoms with Gasteiger partial charge in [-0.05, 0) is 63.3 Å². The molecular weight excluding hydrogens is 379 g/mol. The lowest BCUT2D eigenvalue weighted by Crippen LogP contribution is -2.42. The first-order valence-electron chi connectivity index (χ1n) is 8.85. The van der Waals surface area contributed by atoms with E-state index >= 15 is 0 Å². The Hall–Kier alpha value is -1.67. The molecule has 2 rings (SSSR count). The molecule has 0 heterocycles. The van der Waals surface area contributed by atoms with Gasteiger partial charge in [0.2, 0.25) is 0 Å². The van der Waals surface area contributed by atoms with Gasteiger partial charge in [-0.25, -0.2) is 8.93 Å². The summed E-state index contributed by atoms with van der Waals surface area (Å²) >= 11 is 0. The minimum Gasteiger partial charge on any atom is -0.466 e. The molecule has 1 unspecified atom stereocenters. The first-order valence-corrected chi connectivity index (χ1v) is 10.00. The number of benzene rings is 1. The van der Waals surface area contributed by atoms with Crippen LogP contribution in [-0.4, -0.2) is 22.8 Å². The van der Waals surface area contributed by atoms with E-state index in [2.05, 4.69) is 11.3 Å². The van der Waals surface area contributed by atoms with Gasteiger partial charge in [-0.1, -0.05) is 6.08 Å². The molecule has 4 nitrogen and oxygen atoms in total. The number of allylic oxidation sites excluding steroid dienone is 1. The molecule has 0 aliphatic heterocycles. The molecule has 8 heteroatoms. The van der Waals surface area contributed by atoms with Crippen LogP contribution in [0.1, 0.15) is 44.6 Å². The summed E-state index contributed by atoms with van der Waals surface area (Å²) in [4.78, 5) is 12.6. The summed E-state index contributed by atoms with van der Waals surface area (Å²) in [5, 5.41) is 0. The number of hydrogen-bond acceptors (Lipinski definition) is 3. The highest BCUT2D eigenvalue weighted by atomic mass is 32.2. The average Bonchev–Trinajstić information content (AvgIpc) is 2.63. The second-order valence-corrected chi connectivity index (χ2v) is 7.92. The number of hydrogen-bond donors (Lipinski definition) is 1. The monoisotopic (exact) mass is 403 g/mol. The highest BCUT2D eigenvalue weighted by Crippen LogP contribution is 2.41. The zero-order chi connectivity index (χ0) is 20.1. The predicted molar refractivity (Wildman–Crippen MR) is 97.1 cm³/mol. The Kier molecular flexibility index (Phi) is 7.22.